The normalized spacial score (nSPS) is 12.2. The second kappa shape index (κ2) is 7.28. The van der Waals surface area contributed by atoms with E-state index in [9.17, 15) is 4.79 Å². The largest absolute Gasteiger partial charge is 0.492 e. The number of thioether (sulfide) groups is 1. The standard InChI is InChI=1S/C13H19NO3S/c1-9-3-4-10(2)12(7-9)17-5-6-18-8-11(14)13(15)16/h3-4,7,11H,5-6,8,14H2,1-2H3,(H,15,16)/t11-/m1/s1. The lowest BCUT2D eigenvalue weighted by molar-refractivity contribution is -0.137. The van der Waals surface area contributed by atoms with Crippen molar-refractivity contribution in [2.24, 2.45) is 5.73 Å². The van der Waals surface area contributed by atoms with Crippen molar-refractivity contribution in [1.82, 2.24) is 0 Å². The van der Waals surface area contributed by atoms with E-state index >= 15 is 0 Å². The van der Waals surface area contributed by atoms with Crippen molar-refractivity contribution < 1.29 is 14.6 Å². The van der Waals surface area contributed by atoms with E-state index in [1.54, 1.807) is 0 Å². The molecule has 0 fully saturated rings. The lowest BCUT2D eigenvalue weighted by Crippen LogP contribution is -2.32. The Labute approximate surface area is 112 Å². The molecule has 5 heteroatoms. The molecule has 0 spiro atoms. The maximum Gasteiger partial charge on any atom is 0.321 e. The van der Waals surface area contributed by atoms with Gasteiger partial charge in [-0.05, 0) is 31.0 Å². The van der Waals surface area contributed by atoms with Crippen LogP contribution in [0.15, 0.2) is 18.2 Å². The fourth-order valence-corrected chi connectivity index (χ4v) is 2.12. The zero-order chi connectivity index (χ0) is 13.5. The van der Waals surface area contributed by atoms with Crippen LogP contribution in [0.1, 0.15) is 11.1 Å². The first-order valence-electron chi connectivity index (χ1n) is 5.77. The van der Waals surface area contributed by atoms with E-state index in [4.69, 9.17) is 15.6 Å². The van der Waals surface area contributed by atoms with E-state index in [0.717, 1.165) is 22.6 Å². The number of carboxylic acid groups (broad SMARTS) is 1. The Morgan fingerprint density at radius 2 is 2.22 bits per heavy atom. The first-order chi connectivity index (χ1) is 8.50. The molecule has 0 radical (unpaired) electrons. The molecular formula is C13H19NO3S. The van der Waals surface area contributed by atoms with Crippen LogP contribution in [-0.4, -0.2) is 35.2 Å². The summed E-state index contributed by atoms with van der Waals surface area (Å²) in [5, 5.41) is 8.61. The molecule has 1 aromatic rings. The minimum absolute atomic E-state index is 0.408. The van der Waals surface area contributed by atoms with Gasteiger partial charge in [-0.15, -0.1) is 0 Å². The Balaban J connectivity index is 2.26. The Bertz CT molecular complexity index is 409. The van der Waals surface area contributed by atoms with Crippen molar-refractivity contribution in [3.63, 3.8) is 0 Å². The second-order valence-corrected chi connectivity index (χ2v) is 5.29. The van der Waals surface area contributed by atoms with Crippen molar-refractivity contribution in [3.05, 3.63) is 29.3 Å². The molecule has 0 aromatic heterocycles. The van der Waals surface area contributed by atoms with Crippen molar-refractivity contribution >= 4 is 17.7 Å². The molecule has 0 saturated heterocycles. The third-order valence-electron chi connectivity index (χ3n) is 2.44. The summed E-state index contributed by atoms with van der Waals surface area (Å²) >= 11 is 1.49. The number of carbonyl (C=O) groups is 1. The lowest BCUT2D eigenvalue weighted by atomic mass is 10.1. The van der Waals surface area contributed by atoms with Gasteiger partial charge in [-0.2, -0.15) is 11.8 Å². The molecule has 0 unspecified atom stereocenters. The van der Waals surface area contributed by atoms with Crippen LogP contribution in [0.5, 0.6) is 5.75 Å². The maximum atomic E-state index is 10.5. The maximum absolute atomic E-state index is 10.5. The molecule has 3 N–H and O–H groups in total. The van der Waals surface area contributed by atoms with Gasteiger partial charge < -0.3 is 15.6 Å². The Kier molecular flexibility index (Phi) is 6.01. The van der Waals surface area contributed by atoms with Crippen molar-refractivity contribution in [2.45, 2.75) is 19.9 Å². The van der Waals surface area contributed by atoms with E-state index < -0.39 is 12.0 Å². The summed E-state index contributed by atoms with van der Waals surface area (Å²) in [7, 11) is 0. The number of aryl methyl sites for hydroxylation is 2. The first-order valence-corrected chi connectivity index (χ1v) is 6.92. The zero-order valence-corrected chi connectivity index (χ0v) is 11.5. The van der Waals surface area contributed by atoms with Crippen molar-refractivity contribution in [1.29, 1.82) is 0 Å². The van der Waals surface area contributed by atoms with Crippen LogP contribution < -0.4 is 10.5 Å². The van der Waals surface area contributed by atoms with Crippen LogP contribution >= 0.6 is 11.8 Å². The molecule has 0 aliphatic carbocycles. The summed E-state index contributed by atoms with van der Waals surface area (Å²) in [6.07, 6.45) is 0. The number of carboxylic acids is 1. The van der Waals surface area contributed by atoms with Crippen LogP contribution in [0, 0.1) is 13.8 Å². The molecule has 0 aliphatic rings. The molecule has 100 valence electrons. The predicted octanol–water partition coefficient (Wildman–Crippen LogP) is 1.83. The average Bonchev–Trinajstić information content (AvgIpc) is 2.32. The predicted molar refractivity (Wildman–Crippen MR) is 74.3 cm³/mol. The number of ether oxygens (including phenoxy) is 1. The van der Waals surface area contributed by atoms with Crippen LogP contribution in [0.2, 0.25) is 0 Å². The highest BCUT2D eigenvalue weighted by Gasteiger charge is 2.10. The summed E-state index contributed by atoms with van der Waals surface area (Å²) in [5.41, 5.74) is 7.66. The van der Waals surface area contributed by atoms with E-state index in [-0.39, 0.29) is 0 Å². The SMILES string of the molecule is Cc1ccc(C)c(OCCSC[C@@H](N)C(=O)O)c1. The Hall–Kier alpha value is -1.20. The molecule has 0 aliphatic heterocycles. The summed E-state index contributed by atoms with van der Waals surface area (Å²) in [6, 6.07) is 5.28. The summed E-state index contributed by atoms with van der Waals surface area (Å²) in [5.74, 6) is 1.07. The quantitative estimate of drug-likeness (QED) is 0.739. The van der Waals surface area contributed by atoms with Crippen molar-refractivity contribution in [2.75, 3.05) is 18.1 Å². The van der Waals surface area contributed by atoms with E-state index in [1.165, 1.54) is 11.8 Å². The van der Waals surface area contributed by atoms with Gasteiger partial charge >= 0.3 is 5.97 Å². The average molecular weight is 269 g/mol. The van der Waals surface area contributed by atoms with Gasteiger partial charge in [0.15, 0.2) is 0 Å². The molecular weight excluding hydrogens is 250 g/mol. The third kappa shape index (κ3) is 4.98. The Morgan fingerprint density at radius 3 is 2.89 bits per heavy atom. The highest BCUT2D eigenvalue weighted by Crippen LogP contribution is 2.19. The molecule has 1 atom stereocenters. The monoisotopic (exact) mass is 269 g/mol. The topological polar surface area (TPSA) is 72.5 Å². The fraction of sp³-hybridized carbons (Fsp3) is 0.462. The van der Waals surface area contributed by atoms with Gasteiger partial charge in [0.2, 0.25) is 0 Å². The zero-order valence-electron chi connectivity index (χ0n) is 10.7. The highest BCUT2D eigenvalue weighted by molar-refractivity contribution is 7.99. The molecule has 0 saturated carbocycles. The van der Waals surface area contributed by atoms with E-state index in [1.807, 2.05) is 32.0 Å². The van der Waals surface area contributed by atoms with Gasteiger partial charge in [-0.3, -0.25) is 4.79 Å². The molecule has 1 aromatic carbocycles. The molecule has 4 nitrogen and oxygen atoms in total. The highest BCUT2D eigenvalue weighted by atomic mass is 32.2. The summed E-state index contributed by atoms with van der Waals surface area (Å²) in [4.78, 5) is 10.5. The molecule has 0 amide bonds. The van der Waals surface area contributed by atoms with Gasteiger partial charge in [0.05, 0.1) is 6.61 Å². The number of benzene rings is 1. The number of aliphatic carboxylic acids is 1. The van der Waals surface area contributed by atoms with Gasteiger partial charge in [-0.25, -0.2) is 0 Å². The molecule has 1 rings (SSSR count). The molecule has 18 heavy (non-hydrogen) atoms. The minimum atomic E-state index is -0.960. The van der Waals surface area contributed by atoms with Crippen LogP contribution in [-0.2, 0) is 4.79 Å². The fourth-order valence-electron chi connectivity index (χ4n) is 1.35. The molecule has 0 bridgehead atoms. The smallest absolute Gasteiger partial charge is 0.321 e. The van der Waals surface area contributed by atoms with E-state index in [0.29, 0.717) is 12.4 Å². The third-order valence-corrected chi connectivity index (χ3v) is 3.49. The van der Waals surface area contributed by atoms with Crippen LogP contribution in [0.25, 0.3) is 0 Å². The van der Waals surface area contributed by atoms with Gasteiger partial charge in [0.25, 0.3) is 0 Å². The van der Waals surface area contributed by atoms with Crippen LogP contribution in [0.3, 0.4) is 0 Å². The van der Waals surface area contributed by atoms with Crippen LogP contribution in [0.4, 0.5) is 0 Å². The number of hydrogen-bond donors (Lipinski definition) is 2. The van der Waals surface area contributed by atoms with Gasteiger partial charge in [0, 0.05) is 11.5 Å². The van der Waals surface area contributed by atoms with Gasteiger partial charge in [0.1, 0.15) is 11.8 Å². The summed E-state index contributed by atoms with van der Waals surface area (Å²) in [6.45, 7) is 4.58. The Morgan fingerprint density at radius 1 is 1.50 bits per heavy atom. The minimum Gasteiger partial charge on any atom is -0.492 e. The number of rotatable bonds is 7. The lowest BCUT2D eigenvalue weighted by Gasteiger charge is -2.10. The van der Waals surface area contributed by atoms with Gasteiger partial charge in [-0.1, -0.05) is 12.1 Å². The van der Waals surface area contributed by atoms with E-state index in [2.05, 4.69) is 0 Å². The first kappa shape index (κ1) is 14.9. The van der Waals surface area contributed by atoms with Crippen molar-refractivity contribution in [3.8, 4) is 5.75 Å². The summed E-state index contributed by atoms with van der Waals surface area (Å²) < 4.78 is 5.65. The number of nitrogens with two attached hydrogens (primary N) is 1. The molecule has 0 heterocycles. The number of hydrogen-bond acceptors (Lipinski definition) is 4. The second-order valence-electron chi connectivity index (χ2n) is 4.14.